The monoisotopic (exact) mass is 247 g/mol. The molecular weight excluding hydrogens is 229 g/mol. The Labute approximate surface area is 106 Å². The number of aryl methyl sites for hydroxylation is 1. The summed E-state index contributed by atoms with van der Waals surface area (Å²) in [6, 6.07) is 6.42. The number of rotatable bonds is 4. The molecule has 2 rings (SSSR count). The summed E-state index contributed by atoms with van der Waals surface area (Å²) < 4.78 is 15.9. The van der Waals surface area contributed by atoms with Crippen molar-refractivity contribution in [2.75, 3.05) is 0 Å². The van der Waals surface area contributed by atoms with Crippen molar-refractivity contribution in [3.05, 3.63) is 53.9 Å². The molecule has 4 heteroatoms. The van der Waals surface area contributed by atoms with Gasteiger partial charge in [-0.3, -0.25) is 0 Å². The number of aromatic nitrogens is 2. The van der Waals surface area contributed by atoms with Crippen LogP contribution >= 0.6 is 0 Å². The van der Waals surface area contributed by atoms with E-state index in [1.807, 2.05) is 30.7 Å². The van der Waals surface area contributed by atoms with Crippen LogP contribution in [0.15, 0.2) is 36.7 Å². The van der Waals surface area contributed by atoms with E-state index in [-0.39, 0.29) is 17.9 Å². The van der Waals surface area contributed by atoms with E-state index in [1.165, 1.54) is 6.07 Å². The Morgan fingerprint density at radius 2 is 2.11 bits per heavy atom. The van der Waals surface area contributed by atoms with Crippen molar-refractivity contribution in [3.63, 3.8) is 0 Å². The Bertz CT molecular complexity index is 521. The zero-order valence-electron chi connectivity index (χ0n) is 10.7. The van der Waals surface area contributed by atoms with Crippen molar-refractivity contribution in [3.8, 4) is 0 Å². The second-order valence-corrected chi connectivity index (χ2v) is 4.42. The molecule has 0 fully saturated rings. The molecule has 2 unspecified atom stereocenters. The number of benzene rings is 1. The Morgan fingerprint density at radius 1 is 1.39 bits per heavy atom. The maximum absolute atomic E-state index is 14.0. The van der Waals surface area contributed by atoms with E-state index in [9.17, 15) is 4.39 Å². The summed E-state index contributed by atoms with van der Waals surface area (Å²) in [7, 11) is 0. The van der Waals surface area contributed by atoms with Crippen LogP contribution in [0.25, 0.3) is 0 Å². The summed E-state index contributed by atoms with van der Waals surface area (Å²) in [5.41, 5.74) is 6.78. The first-order valence-electron chi connectivity index (χ1n) is 6.14. The lowest BCUT2D eigenvalue weighted by Gasteiger charge is -2.26. The van der Waals surface area contributed by atoms with Gasteiger partial charge < -0.3 is 10.3 Å². The van der Waals surface area contributed by atoms with Gasteiger partial charge in [-0.2, -0.15) is 0 Å². The number of nitrogens with zero attached hydrogens (tertiary/aromatic N) is 2. The Morgan fingerprint density at radius 3 is 2.67 bits per heavy atom. The third kappa shape index (κ3) is 2.29. The van der Waals surface area contributed by atoms with Crippen molar-refractivity contribution in [2.45, 2.75) is 32.4 Å². The second kappa shape index (κ2) is 5.31. The van der Waals surface area contributed by atoms with Gasteiger partial charge in [0.1, 0.15) is 11.6 Å². The zero-order chi connectivity index (χ0) is 13.1. The molecule has 1 aromatic carbocycles. The van der Waals surface area contributed by atoms with Crippen molar-refractivity contribution in [1.82, 2.24) is 9.55 Å². The molecule has 0 aliphatic heterocycles. The number of imidazole rings is 1. The van der Waals surface area contributed by atoms with Crippen molar-refractivity contribution in [2.24, 2.45) is 5.73 Å². The normalized spacial score (nSPS) is 14.4. The van der Waals surface area contributed by atoms with Crippen LogP contribution in [0.4, 0.5) is 4.39 Å². The van der Waals surface area contributed by atoms with Crippen molar-refractivity contribution >= 4 is 0 Å². The molecule has 1 heterocycles. The van der Waals surface area contributed by atoms with Gasteiger partial charge in [0.2, 0.25) is 0 Å². The van der Waals surface area contributed by atoms with Gasteiger partial charge in [-0.25, -0.2) is 9.37 Å². The lowest BCUT2D eigenvalue weighted by Crippen LogP contribution is -2.33. The summed E-state index contributed by atoms with van der Waals surface area (Å²) in [6.45, 7) is 3.90. The van der Waals surface area contributed by atoms with Crippen LogP contribution in [0, 0.1) is 12.7 Å². The van der Waals surface area contributed by atoms with Crippen LogP contribution < -0.4 is 5.73 Å². The van der Waals surface area contributed by atoms with Gasteiger partial charge in [0.25, 0.3) is 0 Å². The fraction of sp³-hybridized carbons (Fsp3) is 0.357. The van der Waals surface area contributed by atoms with E-state index in [1.54, 1.807) is 18.3 Å². The molecule has 96 valence electrons. The number of hydrogen-bond donors (Lipinski definition) is 1. The molecule has 0 aliphatic carbocycles. The second-order valence-electron chi connectivity index (χ2n) is 4.42. The summed E-state index contributed by atoms with van der Waals surface area (Å²) in [5.74, 6) is 0.617. The Kier molecular flexibility index (Phi) is 3.77. The molecule has 0 bridgehead atoms. The molecule has 2 aromatic rings. The number of hydrogen-bond acceptors (Lipinski definition) is 2. The van der Waals surface area contributed by atoms with E-state index >= 15 is 0 Å². The van der Waals surface area contributed by atoms with Gasteiger partial charge in [0.15, 0.2) is 0 Å². The first kappa shape index (κ1) is 12.8. The van der Waals surface area contributed by atoms with Gasteiger partial charge in [-0.05, 0) is 19.4 Å². The summed E-state index contributed by atoms with van der Waals surface area (Å²) >= 11 is 0. The van der Waals surface area contributed by atoms with Crippen LogP contribution in [0.1, 0.15) is 30.8 Å². The molecule has 2 N–H and O–H groups in total. The standard InChI is InChI=1S/C14H18FN3/c1-3-13(16)14(18-9-8-17-10(18)2)11-6-4-5-7-12(11)15/h4-9,13-14H,3,16H2,1-2H3. The van der Waals surface area contributed by atoms with Crippen LogP contribution in [-0.4, -0.2) is 15.6 Å². The third-order valence-corrected chi connectivity index (χ3v) is 3.26. The van der Waals surface area contributed by atoms with Gasteiger partial charge in [0.05, 0.1) is 6.04 Å². The predicted molar refractivity (Wildman–Crippen MR) is 69.8 cm³/mol. The SMILES string of the molecule is CCC(N)C(c1ccccc1F)n1ccnc1C. The van der Waals surface area contributed by atoms with E-state index in [4.69, 9.17) is 5.73 Å². The van der Waals surface area contributed by atoms with E-state index in [2.05, 4.69) is 4.98 Å². The minimum Gasteiger partial charge on any atom is -0.326 e. The zero-order valence-corrected chi connectivity index (χ0v) is 10.7. The smallest absolute Gasteiger partial charge is 0.128 e. The highest BCUT2D eigenvalue weighted by molar-refractivity contribution is 5.24. The molecule has 0 amide bonds. The van der Waals surface area contributed by atoms with E-state index < -0.39 is 0 Å². The van der Waals surface area contributed by atoms with Crippen LogP contribution in [0.3, 0.4) is 0 Å². The van der Waals surface area contributed by atoms with Crippen LogP contribution in [0.5, 0.6) is 0 Å². The molecule has 0 radical (unpaired) electrons. The average molecular weight is 247 g/mol. The van der Waals surface area contributed by atoms with Crippen LogP contribution in [-0.2, 0) is 0 Å². The first-order chi connectivity index (χ1) is 8.65. The van der Waals surface area contributed by atoms with Crippen molar-refractivity contribution in [1.29, 1.82) is 0 Å². The third-order valence-electron chi connectivity index (χ3n) is 3.26. The highest BCUT2D eigenvalue weighted by Gasteiger charge is 2.24. The lowest BCUT2D eigenvalue weighted by molar-refractivity contribution is 0.433. The van der Waals surface area contributed by atoms with Crippen molar-refractivity contribution < 1.29 is 4.39 Å². The summed E-state index contributed by atoms with van der Waals surface area (Å²) in [6.07, 6.45) is 4.34. The Hall–Kier alpha value is -1.68. The largest absolute Gasteiger partial charge is 0.326 e. The quantitative estimate of drug-likeness (QED) is 0.902. The molecule has 0 saturated carbocycles. The summed E-state index contributed by atoms with van der Waals surface area (Å²) in [5, 5.41) is 0. The maximum atomic E-state index is 14.0. The summed E-state index contributed by atoms with van der Waals surface area (Å²) in [4.78, 5) is 4.19. The minimum atomic E-state index is -0.223. The van der Waals surface area contributed by atoms with Gasteiger partial charge in [-0.15, -0.1) is 0 Å². The fourth-order valence-corrected chi connectivity index (χ4v) is 2.21. The number of nitrogens with two attached hydrogens (primary N) is 1. The molecule has 1 aromatic heterocycles. The van der Waals surface area contributed by atoms with Gasteiger partial charge in [0, 0.05) is 24.0 Å². The van der Waals surface area contributed by atoms with E-state index in [0.29, 0.717) is 5.56 Å². The van der Waals surface area contributed by atoms with Gasteiger partial charge >= 0.3 is 0 Å². The van der Waals surface area contributed by atoms with E-state index in [0.717, 1.165) is 12.2 Å². The van der Waals surface area contributed by atoms with Gasteiger partial charge in [-0.1, -0.05) is 25.1 Å². The lowest BCUT2D eigenvalue weighted by atomic mass is 9.97. The average Bonchev–Trinajstić information content (AvgIpc) is 2.78. The molecule has 18 heavy (non-hydrogen) atoms. The Balaban J connectivity index is 2.51. The minimum absolute atomic E-state index is 0.144. The highest BCUT2D eigenvalue weighted by Crippen LogP contribution is 2.26. The highest BCUT2D eigenvalue weighted by atomic mass is 19.1. The molecule has 0 aliphatic rings. The molecule has 0 saturated heterocycles. The topological polar surface area (TPSA) is 43.8 Å². The fourth-order valence-electron chi connectivity index (χ4n) is 2.21. The number of halogens is 1. The molecular formula is C14H18FN3. The van der Waals surface area contributed by atoms with Crippen LogP contribution in [0.2, 0.25) is 0 Å². The first-order valence-corrected chi connectivity index (χ1v) is 6.14. The maximum Gasteiger partial charge on any atom is 0.128 e. The molecule has 2 atom stereocenters. The molecule has 0 spiro atoms. The molecule has 3 nitrogen and oxygen atoms in total. The predicted octanol–water partition coefficient (Wildman–Crippen LogP) is 2.66.